The van der Waals surface area contributed by atoms with Crippen molar-refractivity contribution in [2.45, 2.75) is 0 Å². The molecule has 0 radical (unpaired) electrons. The molecular weight excluding hydrogens is 298 g/mol. The maximum atomic E-state index is 11.9. The summed E-state index contributed by atoms with van der Waals surface area (Å²) < 4.78 is 15.4. The van der Waals surface area contributed by atoms with Gasteiger partial charge >= 0.3 is 5.97 Å². The van der Waals surface area contributed by atoms with E-state index in [0.29, 0.717) is 17.1 Å². The predicted octanol–water partition coefficient (Wildman–Crippen LogP) is 2.51. The van der Waals surface area contributed by atoms with Crippen molar-refractivity contribution in [3.63, 3.8) is 0 Å². The van der Waals surface area contributed by atoms with Crippen molar-refractivity contribution >= 4 is 5.97 Å². The largest absolute Gasteiger partial charge is 0.507 e. The van der Waals surface area contributed by atoms with Crippen LogP contribution in [0, 0.1) is 11.3 Å². The summed E-state index contributed by atoms with van der Waals surface area (Å²) in [6.45, 7) is 0.178. The van der Waals surface area contributed by atoms with Crippen molar-refractivity contribution in [2.24, 2.45) is 0 Å². The van der Waals surface area contributed by atoms with Crippen LogP contribution in [0.1, 0.15) is 15.9 Å². The maximum Gasteiger partial charge on any atom is 0.342 e. The van der Waals surface area contributed by atoms with E-state index >= 15 is 0 Å². The van der Waals surface area contributed by atoms with Crippen molar-refractivity contribution in [3.8, 4) is 23.3 Å². The van der Waals surface area contributed by atoms with E-state index in [-0.39, 0.29) is 24.5 Å². The maximum absolute atomic E-state index is 11.9. The molecule has 2 aromatic rings. The number of ether oxygens (including phenoxy) is 3. The number of carbonyl (C=O) groups excluding carboxylic acids is 1. The molecule has 2 aromatic carbocycles. The average Bonchev–Trinajstić information content (AvgIpc) is 2.59. The van der Waals surface area contributed by atoms with Gasteiger partial charge in [-0.3, -0.25) is 0 Å². The molecule has 23 heavy (non-hydrogen) atoms. The summed E-state index contributed by atoms with van der Waals surface area (Å²) in [5.41, 5.74) is 0.569. The third-order valence-corrected chi connectivity index (χ3v) is 2.99. The van der Waals surface area contributed by atoms with Gasteiger partial charge in [0.05, 0.1) is 18.7 Å². The summed E-state index contributed by atoms with van der Waals surface area (Å²) in [7, 11) is 1.47. The van der Waals surface area contributed by atoms with Crippen LogP contribution in [0.2, 0.25) is 0 Å². The van der Waals surface area contributed by atoms with Gasteiger partial charge in [-0.15, -0.1) is 0 Å². The Morgan fingerprint density at radius 1 is 1.13 bits per heavy atom. The minimum Gasteiger partial charge on any atom is -0.507 e. The zero-order valence-corrected chi connectivity index (χ0v) is 12.5. The van der Waals surface area contributed by atoms with Crippen molar-refractivity contribution in [2.75, 3.05) is 20.3 Å². The van der Waals surface area contributed by atoms with Crippen LogP contribution in [-0.2, 0) is 4.74 Å². The average molecular weight is 313 g/mol. The third-order valence-electron chi connectivity index (χ3n) is 2.99. The van der Waals surface area contributed by atoms with Crippen molar-refractivity contribution in [1.82, 2.24) is 0 Å². The highest BCUT2D eigenvalue weighted by atomic mass is 16.6. The quantitative estimate of drug-likeness (QED) is 0.651. The first-order valence-electron chi connectivity index (χ1n) is 6.81. The van der Waals surface area contributed by atoms with Crippen molar-refractivity contribution in [3.05, 3.63) is 53.6 Å². The number of carbonyl (C=O) groups is 1. The second kappa shape index (κ2) is 7.71. The molecule has 2 rings (SSSR count). The van der Waals surface area contributed by atoms with Gasteiger partial charge in [0.25, 0.3) is 0 Å². The Balaban J connectivity index is 1.84. The van der Waals surface area contributed by atoms with Gasteiger partial charge in [0.1, 0.15) is 36.0 Å². The number of phenolic OH excluding ortho intramolecular Hbond substituents is 1. The molecule has 0 aliphatic heterocycles. The van der Waals surface area contributed by atoms with Crippen molar-refractivity contribution in [1.29, 1.82) is 5.26 Å². The minimum atomic E-state index is -0.662. The molecule has 0 atom stereocenters. The Hall–Kier alpha value is -3.20. The fourth-order valence-electron chi connectivity index (χ4n) is 1.80. The van der Waals surface area contributed by atoms with Crippen molar-refractivity contribution < 1.29 is 24.1 Å². The second-order valence-corrected chi connectivity index (χ2v) is 4.50. The summed E-state index contributed by atoms with van der Waals surface area (Å²) in [5.74, 6) is 0.182. The number of esters is 1. The van der Waals surface area contributed by atoms with Gasteiger partial charge in [0.15, 0.2) is 0 Å². The van der Waals surface area contributed by atoms with Crippen LogP contribution in [-0.4, -0.2) is 31.4 Å². The Morgan fingerprint density at radius 2 is 1.83 bits per heavy atom. The van der Waals surface area contributed by atoms with Gasteiger partial charge in [-0.25, -0.2) is 4.79 Å². The first-order valence-corrected chi connectivity index (χ1v) is 6.81. The van der Waals surface area contributed by atoms with Crippen LogP contribution >= 0.6 is 0 Å². The number of benzene rings is 2. The first kappa shape index (κ1) is 16.2. The van der Waals surface area contributed by atoms with Crippen LogP contribution in [0.3, 0.4) is 0 Å². The third kappa shape index (κ3) is 4.38. The van der Waals surface area contributed by atoms with Crippen LogP contribution < -0.4 is 9.47 Å². The molecule has 0 fully saturated rings. The molecule has 118 valence electrons. The lowest BCUT2D eigenvalue weighted by Crippen LogP contribution is -2.12. The van der Waals surface area contributed by atoms with Gasteiger partial charge in [-0.2, -0.15) is 5.26 Å². The molecular formula is C17H15NO5. The highest BCUT2D eigenvalue weighted by molar-refractivity contribution is 5.92. The molecule has 1 N–H and O–H groups in total. The predicted molar refractivity (Wildman–Crippen MR) is 81.6 cm³/mol. The molecule has 0 aliphatic carbocycles. The van der Waals surface area contributed by atoms with E-state index in [1.165, 1.54) is 19.2 Å². The lowest BCUT2D eigenvalue weighted by atomic mass is 10.2. The van der Waals surface area contributed by atoms with E-state index in [1.807, 2.05) is 6.07 Å². The number of aromatic hydroxyl groups is 1. The van der Waals surface area contributed by atoms with Gasteiger partial charge < -0.3 is 19.3 Å². The molecule has 0 aliphatic rings. The van der Waals surface area contributed by atoms with Crippen LogP contribution in [0.15, 0.2) is 42.5 Å². The van der Waals surface area contributed by atoms with Gasteiger partial charge in [0.2, 0.25) is 0 Å². The molecule has 0 bridgehead atoms. The van der Waals surface area contributed by atoms with Gasteiger partial charge in [0, 0.05) is 0 Å². The normalized spacial score (nSPS) is 9.74. The zero-order chi connectivity index (χ0) is 16.7. The van der Waals surface area contributed by atoms with Crippen LogP contribution in [0.25, 0.3) is 0 Å². The Labute approximate surface area is 133 Å². The molecule has 6 heteroatoms. The number of hydrogen-bond donors (Lipinski definition) is 1. The summed E-state index contributed by atoms with van der Waals surface area (Å²) in [6.07, 6.45) is 0. The highest BCUT2D eigenvalue weighted by Crippen LogP contribution is 2.23. The summed E-state index contributed by atoms with van der Waals surface area (Å²) in [4.78, 5) is 11.9. The molecule has 0 aromatic heterocycles. The number of phenols is 1. The lowest BCUT2D eigenvalue weighted by molar-refractivity contribution is 0.0447. The summed E-state index contributed by atoms with van der Waals surface area (Å²) >= 11 is 0. The number of nitriles is 1. The fraction of sp³-hybridized carbons (Fsp3) is 0.176. The smallest absolute Gasteiger partial charge is 0.342 e. The fourth-order valence-corrected chi connectivity index (χ4v) is 1.80. The topological polar surface area (TPSA) is 88.8 Å². The Morgan fingerprint density at radius 3 is 2.48 bits per heavy atom. The molecule has 0 saturated heterocycles. The summed E-state index contributed by atoms with van der Waals surface area (Å²) in [5, 5.41) is 18.4. The van der Waals surface area contributed by atoms with Gasteiger partial charge in [-0.05, 0) is 42.5 Å². The number of nitrogens with zero attached hydrogens (tertiary/aromatic N) is 1. The first-order chi connectivity index (χ1) is 11.1. The highest BCUT2D eigenvalue weighted by Gasteiger charge is 2.13. The molecule has 0 saturated carbocycles. The van der Waals surface area contributed by atoms with E-state index in [9.17, 15) is 9.90 Å². The SMILES string of the molecule is COc1ccc(O)c(C(=O)OCCOc2ccc(C#N)cc2)c1. The van der Waals surface area contributed by atoms with E-state index < -0.39 is 5.97 Å². The lowest BCUT2D eigenvalue weighted by Gasteiger charge is -2.09. The van der Waals surface area contributed by atoms with E-state index in [4.69, 9.17) is 19.5 Å². The number of hydrogen-bond acceptors (Lipinski definition) is 6. The second-order valence-electron chi connectivity index (χ2n) is 4.50. The van der Waals surface area contributed by atoms with E-state index in [1.54, 1.807) is 30.3 Å². The monoisotopic (exact) mass is 313 g/mol. The molecule has 0 spiro atoms. The number of rotatable bonds is 6. The van der Waals surface area contributed by atoms with E-state index in [0.717, 1.165) is 0 Å². The van der Waals surface area contributed by atoms with Crippen LogP contribution in [0.4, 0.5) is 0 Å². The minimum absolute atomic E-state index is 0.0233. The Kier molecular flexibility index (Phi) is 5.42. The Bertz CT molecular complexity index is 719. The molecule has 0 heterocycles. The molecule has 0 unspecified atom stereocenters. The van der Waals surface area contributed by atoms with E-state index in [2.05, 4.69) is 0 Å². The molecule has 0 amide bonds. The van der Waals surface area contributed by atoms with Gasteiger partial charge in [-0.1, -0.05) is 0 Å². The zero-order valence-electron chi connectivity index (χ0n) is 12.5. The number of methoxy groups -OCH3 is 1. The molecule has 6 nitrogen and oxygen atoms in total. The summed E-state index contributed by atoms with van der Waals surface area (Å²) in [6, 6.07) is 12.9. The standard InChI is InChI=1S/C17H15NO5/c1-21-14-6-7-16(19)15(10-14)17(20)23-9-8-22-13-4-2-12(11-18)3-5-13/h2-7,10,19H,8-9H2,1H3. The van der Waals surface area contributed by atoms with Crippen LogP contribution in [0.5, 0.6) is 17.2 Å².